The van der Waals surface area contributed by atoms with Crippen molar-refractivity contribution in [3.8, 4) is 22.6 Å². The highest BCUT2D eigenvalue weighted by Crippen LogP contribution is 2.35. The molecule has 0 saturated carbocycles. The average Bonchev–Trinajstić information content (AvgIpc) is 3.38. The van der Waals surface area contributed by atoms with E-state index in [0.717, 1.165) is 28.3 Å². The molecule has 1 saturated heterocycles. The summed E-state index contributed by atoms with van der Waals surface area (Å²) in [6, 6.07) is 12.1. The first-order chi connectivity index (χ1) is 13.2. The van der Waals surface area contributed by atoms with Gasteiger partial charge in [-0.3, -0.25) is 9.89 Å². The Hall–Kier alpha value is -2.93. The average molecular weight is 365 g/mol. The molecule has 1 fully saturated rings. The fourth-order valence-electron chi connectivity index (χ4n) is 3.59. The molecule has 0 radical (unpaired) electrons. The maximum absolute atomic E-state index is 12.4. The van der Waals surface area contributed by atoms with Crippen LogP contribution in [-0.4, -0.2) is 57.4 Å². The minimum absolute atomic E-state index is 0.0336. The number of H-pyrrole nitrogens is 1. The second kappa shape index (κ2) is 7.36. The fourth-order valence-corrected chi connectivity index (χ4v) is 3.59. The van der Waals surface area contributed by atoms with Gasteiger partial charge in [-0.25, -0.2) is 4.98 Å². The normalized spacial score (nSPS) is 17.0. The van der Waals surface area contributed by atoms with Gasteiger partial charge in [0, 0.05) is 37.9 Å². The maximum atomic E-state index is 12.4. The molecule has 140 valence electrons. The van der Waals surface area contributed by atoms with Crippen LogP contribution in [0.4, 0.5) is 0 Å². The number of amides is 1. The molecule has 1 amide bonds. The number of nitrogens with one attached hydrogen (secondary N) is 1. The first kappa shape index (κ1) is 17.5. The minimum atomic E-state index is 0.0336. The van der Waals surface area contributed by atoms with E-state index < -0.39 is 0 Å². The molecule has 4 rings (SSSR count). The van der Waals surface area contributed by atoms with Crippen LogP contribution in [0.2, 0.25) is 0 Å². The SMILES string of the molecule is COCCN1CC(n2cnc(-c3ccccc3)c2-c2cc(C)[nH]n2)CC1=O. The smallest absolute Gasteiger partial charge is 0.224 e. The monoisotopic (exact) mass is 365 g/mol. The fraction of sp³-hybridized carbons (Fsp3) is 0.350. The van der Waals surface area contributed by atoms with Crippen LogP contribution in [0.3, 0.4) is 0 Å². The van der Waals surface area contributed by atoms with E-state index in [4.69, 9.17) is 4.74 Å². The number of rotatable bonds is 6. The van der Waals surface area contributed by atoms with Gasteiger partial charge in [0.1, 0.15) is 5.69 Å². The van der Waals surface area contributed by atoms with Gasteiger partial charge in [0.05, 0.1) is 30.4 Å². The zero-order valence-electron chi connectivity index (χ0n) is 15.6. The standard InChI is InChI=1S/C20H23N5O2/c1-14-10-17(23-22-14)20-19(15-6-4-3-5-7-15)21-13-25(20)16-11-18(26)24(12-16)8-9-27-2/h3-7,10,13,16H,8-9,11-12H2,1-2H3,(H,22,23). The molecule has 1 aliphatic heterocycles. The Labute approximate surface area is 158 Å². The molecule has 7 nitrogen and oxygen atoms in total. The molecule has 1 aliphatic rings. The Kier molecular flexibility index (Phi) is 4.77. The van der Waals surface area contributed by atoms with Crippen LogP contribution in [0, 0.1) is 6.92 Å². The van der Waals surface area contributed by atoms with Gasteiger partial charge in [0.15, 0.2) is 0 Å². The quantitative estimate of drug-likeness (QED) is 0.729. The summed E-state index contributed by atoms with van der Waals surface area (Å²) in [4.78, 5) is 18.9. The lowest BCUT2D eigenvalue weighted by molar-refractivity contribution is -0.128. The summed E-state index contributed by atoms with van der Waals surface area (Å²) in [7, 11) is 1.65. The predicted molar refractivity (Wildman–Crippen MR) is 102 cm³/mol. The van der Waals surface area contributed by atoms with Crippen molar-refractivity contribution in [1.29, 1.82) is 0 Å². The molecule has 2 aromatic heterocycles. The Bertz CT molecular complexity index is 931. The van der Waals surface area contributed by atoms with E-state index in [2.05, 4.69) is 19.7 Å². The van der Waals surface area contributed by atoms with Crippen molar-refractivity contribution in [2.45, 2.75) is 19.4 Å². The molecule has 0 spiro atoms. The largest absolute Gasteiger partial charge is 0.383 e. The number of methoxy groups -OCH3 is 1. The first-order valence-corrected chi connectivity index (χ1v) is 9.08. The van der Waals surface area contributed by atoms with Crippen LogP contribution in [-0.2, 0) is 9.53 Å². The van der Waals surface area contributed by atoms with Gasteiger partial charge in [-0.2, -0.15) is 5.10 Å². The number of likely N-dealkylation sites (tertiary alicyclic amines) is 1. The van der Waals surface area contributed by atoms with Crippen molar-refractivity contribution in [2.24, 2.45) is 0 Å². The van der Waals surface area contributed by atoms with Gasteiger partial charge in [-0.05, 0) is 13.0 Å². The highest BCUT2D eigenvalue weighted by Gasteiger charge is 2.33. The van der Waals surface area contributed by atoms with Crippen LogP contribution < -0.4 is 0 Å². The van der Waals surface area contributed by atoms with Crippen molar-refractivity contribution in [3.63, 3.8) is 0 Å². The van der Waals surface area contributed by atoms with E-state index in [9.17, 15) is 4.79 Å². The molecule has 1 unspecified atom stereocenters. The zero-order chi connectivity index (χ0) is 18.8. The third-order valence-electron chi connectivity index (χ3n) is 4.94. The summed E-state index contributed by atoms with van der Waals surface area (Å²) >= 11 is 0. The minimum Gasteiger partial charge on any atom is -0.383 e. The molecule has 1 N–H and O–H groups in total. The van der Waals surface area contributed by atoms with E-state index in [-0.39, 0.29) is 11.9 Å². The number of aryl methyl sites for hydroxylation is 1. The molecule has 3 aromatic rings. The molecule has 1 atom stereocenters. The van der Waals surface area contributed by atoms with Gasteiger partial charge in [-0.1, -0.05) is 30.3 Å². The van der Waals surface area contributed by atoms with Crippen molar-refractivity contribution >= 4 is 5.91 Å². The van der Waals surface area contributed by atoms with Crippen molar-refractivity contribution in [2.75, 3.05) is 26.8 Å². The second-order valence-corrected chi connectivity index (χ2v) is 6.84. The van der Waals surface area contributed by atoms with Crippen LogP contribution in [0.15, 0.2) is 42.7 Å². The summed E-state index contributed by atoms with van der Waals surface area (Å²) in [5.41, 5.74) is 4.68. The number of hydrogen-bond acceptors (Lipinski definition) is 4. The van der Waals surface area contributed by atoms with Gasteiger partial charge in [-0.15, -0.1) is 0 Å². The zero-order valence-corrected chi connectivity index (χ0v) is 15.6. The number of carbonyl (C=O) groups excluding carboxylic acids is 1. The third-order valence-corrected chi connectivity index (χ3v) is 4.94. The number of carbonyl (C=O) groups is 1. The van der Waals surface area contributed by atoms with Crippen LogP contribution in [0.1, 0.15) is 18.2 Å². The summed E-state index contributed by atoms with van der Waals surface area (Å²) in [6.45, 7) is 3.79. The Balaban J connectivity index is 1.73. The van der Waals surface area contributed by atoms with Gasteiger partial charge >= 0.3 is 0 Å². The summed E-state index contributed by atoms with van der Waals surface area (Å²) in [5.74, 6) is 0.149. The number of imidazole rings is 1. The Morgan fingerprint density at radius 1 is 1.30 bits per heavy atom. The lowest BCUT2D eigenvalue weighted by Crippen LogP contribution is -2.29. The summed E-state index contributed by atoms with van der Waals surface area (Å²) in [5, 5.41) is 7.47. The summed E-state index contributed by atoms with van der Waals surface area (Å²) in [6.07, 6.45) is 2.30. The van der Waals surface area contributed by atoms with E-state index in [1.54, 1.807) is 7.11 Å². The van der Waals surface area contributed by atoms with Crippen LogP contribution in [0.25, 0.3) is 22.6 Å². The first-order valence-electron chi connectivity index (χ1n) is 9.08. The molecular weight excluding hydrogens is 342 g/mol. The molecule has 0 aliphatic carbocycles. The van der Waals surface area contributed by atoms with Crippen LogP contribution in [0.5, 0.6) is 0 Å². The van der Waals surface area contributed by atoms with E-state index in [0.29, 0.717) is 26.1 Å². The second-order valence-electron chi connectivity index (χ2n) is 6.84. The molecule has 0 bridgehead atoms. The lowest BCUT2D eigenvalue weighted by atomic mass is 10.1. The van der Waals surface area contributed by atoms with Gasteiger partial charge in [0.2, 0.25) is 5.91 Å². The van der Waals surface area contributed by atoms with E-state index >= 15 is 0 Å². The number of aromatic amines is 1. The van der Waals surface area contributed by atoms with Gasteiger partial charge < -0.3 is 14.2 Å². The number of hydrogen-bond donors (Lipinski definition) is 1. The number of aromatic nitrogens is 4. The molecule has 27 heavy (non-hydrogen) atoms. The number of benzene rings is 1. The number of ether oxygens (including phenoxy) is 1. The maximum Gasteiger partial charge on any atom is 0.224 e. The molecule has 3 heterocycles. The van der Waals surface area contributed by atoms with Crippen molar-refractivity contribution < 1.29 is 9.53 Å². The van der Waals surface area contributed by atoms with Crippen LogP contribution >= 0.6 is 0 Å². The van der Waals surface area contributed by atoms with Crippen molar-refractivity contribution in [1.82, 2.24) is 24.6 Å². The topological polar surface area (TPSA) is 76.0 Å². The molecular formula is C20H23N5O2. The summed E-state index contributed by atoms with van der Waals surface area (Å²) < 4.78 is 7.22. The van der Waals surface area contributed by atoms with E-state index in [1.807, 2.05) is 54.5 Å². The highest BCUT2D eigenvalue weighted by molar-refractivity contribution is 5.80. The Morgan fingerprint density at radius 2 is 2.11 bits per heavy atom. The lowest BCUT2D eigenvalue weighted by Gasteiger charge is -2.18. The van der Waals surface area contributed by atoms with Gasteiger partial charge in [0.25, 0.3) is 0 Å². The number of nitrogens with zero attached hydrogens (tertiary/aromatic N) is 4. The molecule has 1 aromatic carbocycles. The third kappa shape index (κ3) is 3.38. The predicted octanol–water partition coefficient (Wildman–Crippen LogP) is 2.67. The van der Waals surface area contributed by atoms with E-state index in [1.165, 1.54) is 0 Å². The van der Waals surface area contributed by atoms with Crippen molar-refractivity contribution in [3.05, 3.63) is 48.4 Å². The highest BCUT2D eigenvalue weighted by atomic mass is 16.5. The molecule has 7 heteroatoms. The Morgan fingerprint density at radius 3 is 2.81 bits per heavy atom.